The quantitative estimate of drug-likeness (QED) is 0.904. The van der Waals surface area contributed by atoms with Crippen LogP contribution in [0, 0.1) is 0 Å². The molecule has 1 atom stereocenters. The number of hydrogen-bond acceptors (Lipinski definition) is 3. The maximum atomic E-state index is 12.9. The van der Waals surface area contributed by atoms with Gasteiger partial charge in [0.15, 0.2) is 0 Å². The molecule has 0 saturated carbocycles. The maximum absolute atomic E-state index is 12.9. The number of anilines is 1. The summed E-state index contributed by atoms with van der Waals surface area (Å²) in [7, 11) is 0. The van der Waals surface area contributed by atoms with Crippen LogP contribution in [0.15, 0.2) is 36.7 Å². The Bertz CT molecular complexity index is 740. The summed E-state index contributed by atoms with van der Waals surface area (Å²) < 4.78 is 39.6. The number of rotatable bonds is 4. The lowest BCUT2D eigenvalue weighted by molar-refractivity contribution is -0.140. The normalized spacial score (nSPS) is 12.7. The standard InChI is InChI=1S/C14H12F3N3O3/c1-8(13(22)23)20-7-9(6-18-20)12(21)19-11-5-3-2-4-10(11)14(15,16)17/h2-8H,1H3,(H,19,21)(H,22,23). The molecular formula is C14H12F3N3O3. The van der Waals surface area contributed by atoms with Crippen LogP contribution in [0.4, 0.5) is 18.9 Å². The number of aliphatic carboxylic acids is 1. The van der Waals surface area contributed by atoms with Gasteiger partial charge in [-0.2, -0.15) is 18.3 Å². The van der Waals surface area contributed by atoms with Crippen molar-refractivity contribution < 1.29 is 27.9 Å². The van der Waals surface area contributed by atoms with Crippen LogP contribution in [0.2, 0.25) is 0 Å². The van der Waals surface area contributed by atoms with Gasteiger partial charge in [-0.1, -0.05) is 12.1 Å². The van der Waals surface area contributed by atoms with Crippen molar-refractivity contribution in [2.45, 2.75) is 19.1 Å². The highest BCUT2D eigenvalue weighted by molar-refractivity contribution is 6.04. The molecule has 0 spiro atoms. The van der Waals surface area contributed by atoms with Crippen molar-refractivity contribution in [2.24, 2.45) is 0 Å². The molecule has 2 N–H and O–H groups in total. The third-order valence-corrected chi connectivity index (χ3v) is 3.10. The molecule has 122 valence electrons. The number of para-hydroxylation sites is 1. The van der Waals surface area contributed by atoms with E-state index in [4.69, 9.17) is 5.11 Å². The second kappa shape index (κ2) is 6.11. The zero-order valence-corrected chi connectivity index (χ0v) is 11.8. The average molecular weight is 327 g/mol. The molecule has 1 heterocycles. The van der Waals surface area contributed by atoms with Crippen LogP contribution in [0.5, 0.6) is 0 Å². The number of hydrogen-bond donors (Lipinski definition) is 2. The molecule has 9 heteroatoms. The fourth-order valence-electron chi connectivity index (χ4n) is 1.81. The fraction of sp³-hybridized carbons (Fsp3) is 0.214. The summed E-state index contributed by atoms with van der Waals surface area (Å²) in [6.45, 7) is 1.36. The van der Waals surface area contributed by atoms with Crippen LogP contribution >= 0.6 is 0 Å². The second-order valence-corrected chi connectivity index (χ2v) is 4.72. The Hall–Kier alpha value is -2.84. The van der Waals surface area contributed by atoms with Gasteiger partial charge in [0.2, 0.25) is 0 Å². The molecule has 1 aromatic heterocycles. The summed E-state index contributed by atoms with van der Waals surface area (Å²) in [6.07, 6.45) is -2.36. The molecule has 2 rings (SSSR count). The summed E-state index contributed by atoms with van der Waals surface area (Å²) in [5, 5.41) is 14.7. The van der Waals surface area contributed by atoms with Crippen LogP contribution in [-0.4, -0.2) is 26.8 Å². The number of nitrogens with one attached hydrogen (secondary N) is 1. The lowest BCUT2D eigenvalue weighted by Crippen LogP contribution is -2.17. The number of nitrogens with zero attached hydrogens (tertiary/aromatic N) is 2. The van der Waals surface area contributed by atoms with Gasteiger partial charge in [0.1, 0.15) is 6.04 Å². The van der Waals surface area contributed by atoms with E-state index in [9.17, 15) is 22.8 Å². The number of carbonyl (C=O) groups excluding carboxylic acids is 1. The Morgan fingerprint density at radius 3 is 2.57 bits per heavy atom. The van der Waals surface area contributed by atoms with Crippen molar-refractivity contribution in [1.82, 2.24) is 9.78 Å². The number of carboxylic acid groups (broad SMARTS) is 1. The van der Waals surface area contributed by atoms with E-state index < -0.39 is 29.7 Å². The summed E-state index contributed by atoms with van der Waals surface area (Å²) in [4.78, 5) is 22.9. The molecule has 1 unspecified atom stereocenters. The number of carboxylic acids is 1. The molecule has 1 aromatic carbocycles. The van der Waals surface area contributed by atoms with E-state index in [1.807, 2.05) is 0 Å². The summed E-state index contributed by atoms with van der Waals surface area (Å²) in [5.74, 6) is -1.96. The smallest absolute Gasteiger partial charge is 0.418 e. The van der Waals surface area contributed by atoms with Crippen molar-refractivity contribution in [3.05, 3.63) is 47.8 Å². The molecule has 0 bridgehead atoms. The molecule has 0 aliphatic carbocycles. The zero-order chi connectivity index (χ0) is 17.2. The number of benzene rings is 1. The van der Waals surface area contributed by atoms with E-state index in [0.29, 0.717) is 0 Å². The van der Waals surface area contributed by atoms with Crippen LogP contribution in [0.25, 0.3) is 0 Å². The Kier molecular flexibility index (Phi) is 4.39. The first-order valence-electron chi connectivity index (χ1n) is 6.44. The molecule has 0 aliphatic rings. The van der Waals surface area contributed by atoms with Gasteiger partial charge >= 0.3 is 12.1 Å². The van der Waals surface area contributed by atoms with Crippen molar-refractivity contribution in [3.8, 4) is 0 Å². The van der Waals surface area contributed by atoms with E-state index >= 15 is 0 Å². The molecule has 0 saturated heterocycles. The first kappa shape index (κ1) is 16.5. The highest BCUT2D eigenvalue weighted by Crippen LogP contribution is 2.34. The van der Waals surface area contributed by atoms with Gasteiger partial charge in [-0.25, -0.2) is 4.79 Å². The molecule has 2 aromatic rings. The highest BCUT2D eigenvalue weighted by Gasteiger charge is 2.33. The fourth-order valence-corrected chi connectivity index (χ4v) is 1.81. The van der Waals surface area contributed by atoms with Gasteiger partial charge in [0.25, 0.3) is 5.91 Å². The van der Waals surface area contributed by atoms with Gasteiger partial charge in [-0.15, -0.1) is 0 Å². The third-order valence-electron chi connectivity index (χ3n) is 3.10. The molecule has 0 aliphatic heterocycles. The Balaban J connectivity index is 2.22. The summed E-state index contributed by atoms with van der Waals surface area (Å²) in [5.41, 5.74) is -1.40. The van der Waals surface area contributed by atoms with Crippen LogP contribution < -0.4 is 5.32 Å². The van der Waals surface area contributed by atoms with Gasteiger partial charge in [0, 0.05) is 6.20 Å². The molecular weight excluding hydrogens is 315 g/mol. The summed E-state index contributed by atoms with van der Waals surface area (Å²) >= 11 is 0. The van der Waals surface area contributed by atoms with Gasteiger partial charge < -0.3 is 10.4 Å². The lowest BCUT2D eigenvalue weighted by atomic mass is 10.1. The van der Waals surface area contributed by atoms with E-state index in [0.717, 1.165) is 29.2 Å². The number of aromatic nitrogens is 2. The minimum absolute atomic E-state index is 0.0462. The minimum Gasteiger partial charge on any atom is -0.480 e. The SMILES string of the molecule is CC(C(=O)O)n1cc(C(=O)Nc2ccccc2C(F)(F)F)cn1. The summed E-state index contributed by atoms with van der Waals surface area (Å²) in [6, 6.07) is 3.56. The van der Waals surface area contributed by atoms with Gasteiger partial charge in [-0.3, -0.25) is 9.48 Å². The number of amides is 1. The highest BCUT2D eigenvalue weighted by atomic mass is 19.4. The topological polar surface area (TPSA) is 84.2 Å². The maximum Gasteiger partial charge on any atom is 0.418 e. The van der Waals surface area contributed by atoms with E-state index in [1.54, 1.807) is 0 Å². The van der Waals surface area contributed by atoms with Crippen molar-refractivity contribution in [3.63, 3.8) is 0 Å². The number of halogens is 3. The van der Waals surface area contributed by atoms with Crippen LogP contribution in [-0.2, 0) is 11.0 Å². The first-order chi connectivity index (χ1) is 10.7. The molecule has 1 amide bonds. The molecule has 23 heavy (non-hydrogen) atoms. The minimum atomic E-state index is -4.61. The third kappa shape index (κ3) is 3.68. The number of alkyl halides is 3. The average Bonchev–Trinajstić information content (AvgIpc) is 2.95. The van der Waals surface area contributed by atoms with E-state index in [-0.39, 0.29) is 11.3 Å². The van der Waals surface area contributed by atoms with Gasteiger partial charge in [-0.05, 0) is 19.1 Å². The predicted molar refractivity (Wildman–Crippen MR) is 74.0 cm³/mol. The second-order valence-electron chi connectivity index (χ2n) is 4.72. The van der Waals surface area contributed by atoms with Gasteiger partial charge in [0.05, 0.1) is 23.0 Å². The predicted octanol–water partition coefficient (Wildman–Crippen LogP) is 2.80. The van der Waals surface area contributed by atoms with E-state index in [1.165, 1.54) is 19.1 Å². The van der Waals surface area contributed by atoms with Crippen molar-refractivity contribution >= 4 is 17.6 Å². The number of carbonyl (C=O) groups is 2. The van der Waals surface area contributed by atoms with E-state index in [2.05, 4.69) is 10.4 Å². The zero-order valence-electron chi connectivity index (χ0n) is 11.8. The lowest BCUT2D eigenvalue weighted by Gasteiger charge is -2.13. The largest absolute Gasteiger partial charge is 0.480 e. The van der Waals surface area contributed by atoms with Crippen molar-refractivity contribution in [1.29, 1.82) is 0 Å². The molecule has 0 fully saturated rings. The molecule has 6 nitrogen and oxygen atoms in total. The van der Waals surface area contributed by atoms with Crippen molar-refractivity contribution in [2.75, 3.05) is 5.32 Å². The Labute approximate surface area is 128 Å². The van der Waals surface area contributed by atoms with Crippen LogP contribution in [0.3, 0.4) is 0 Å². The van der Waals surface area contributed by atoms with Crippen LogP contribution in [0.1, 0.15) is 28.9 Å². The first-order valence-corrected chi connectivity index (χ1v) is 6.44. The Morgan fingerprint density at radius 2 is 1.96 bits per heavy atom. The Morgan fingerprint density at radius 1 is 1.30 bits per heavy atom. The molecule has 0 radical (unpaired) electrons. The monoisotopic (exact) mass is 327 g/mol.